The highest BCUT2D eigenvalue weighted by Gasteiger charge is 2.31. The van der Waals surface area contributed by atoms with Crippen molar-refractivity contribution in [2.45, 2.75) is 51.0 Å². The van der Waals surface area contributed by atoms with Gasteiger partial charge in [0, 0.05) is 5.69 Å². The minimum atomic E-state index is -0.884. The van der Waals surface area contributed by atoms with Crippen molar-refractivity contribution < 1.29 is 14.3 Å². The van der Waals surface area contributed by atoms with Crippen LogP contribution in [0.3, 0.4) is 0 Å². The molecule has 0 heterocycles. The Hall–Kier alpha value is -1.42. The number of carbonyl (C=O) groups excluding carboxylic acids is 1. The zero-order valence-electron chi connectivity index (χ0n) is 11.2. The second-order valence-corrected chi connectivity index (χ2v) is 5.53. The molecule has 0 atom stereocenters. The average Bonchev–Trinajstić information content (AvgIpc) is 2.27. The van der Waals surface area contributed by atoms with Gasteiger partial charge in [0.15, 0.2) is 0 Å². The van der Waals surface area contributed by atoms with E-state index >= 15 is 0 Å². The number of hydrogen-bond acceptors (Lipinski definition) is 2. The third-order valence-electron chi connectivity index (χ3n) is 3.60. The molecule has 0 radical (unpaired) electrons. The Morgan fingerprint density at radius 1 is 1.32 bits per heavy atom. The monoisotopic (exact) mass is 265 g/mol. The van der Waals surface area contributed by atoms with Crippen molar-refractivity contribution >= 4 is 11.6 Å². The van der Waals surface area contributed by atoms with Crippen LogP contribution < -0.4 is 5.32 Å². The van der Waals surface area contributed by atoms with Gasteiger partial charge in [0.2, 0.25) is 5.91 Å². The molecular formula is C15H20FNO2. The highest BCUT2D eigenvalue weighted by Crippen LogP contribution is 2.31. The number of anilines is 1. The molecule has 0 spiro atoms. The number of amides is 1. The molecule has 1 aromatic carbocycles. The van der Waals surface area contributed by atoms with E-state index in [1.807, 2.05) is 0 Å². The standard InChI is InChI=1S/C15H20FNO2/c1-11-7-12(16)9-13(8-11)17-14(18)10-15(19)5-3-2-4-6-15/h7-9,19H,2-6,10H2,1H3,(H,17,18). The summed E-state index contributed by atoms with van der Waals surface area (Å²) < 4.78 is 13.2. The van der Waals surface area contributed by atoms with Gasteiger partial charge in [0.1, 0.15) is 5.82 Å². The van der Waals surface area contributed by atoms with Crippen molar-refractivity contribution in [1.82, 2.24) is 0 Å². The van der Waals surface area contributed by atoms with Crippen LogP contribution in [0.5, 0.6) is 0 Å². The zero-order chi connectivity index (χ0) is 13.9. The number of aryl methyl sites for hydroxylation is 1. The van der Waals surface area contributed by atoms with E-state index in [1.54, 1.807) is 13.0 Å². The van der Waals surface area contributed by atoms with Crippen LogP contribution in [0.25, 0.3) is 0 Å². The van der Waals surface area contributed by atoms with Crippen LogP contribution in [0.15, 0.2) is 18.2 Å². The number of carbonyl (C=O) groups is 1. The highest BCUT2D eigenvalue weighted by molar-refractivity contribution is 5.91. The number of hydrogen-bond donors (Lipinski definition) is 2. The predicted molar refractivity (Wildman–Crippen MR) is 72.4 cm³/mol. The second kappa shape index (κ2) is 5.70. The van der Waals surface area contributed by atoms with Crippen molar-refractivity contribution in [2.75, 3.05) is 5.32 Å². The third kappa shape index (κ3) is 4.03. The van der Waals surface area contributed by atoms with Crippen LogP contribution in [0.2, 0.25) is 0 Å². The van der Waals surface area contributed by atoms with E-state index < -0.39 is 5.60 Å². The molecule has 0 aliphatic heterocycles. The van der Waals surface area contributed by atoms with E-state index in [2.05, 4.69) is 5.32 Å². The summed E-state index contributed by atoms with van der Waals surface area (Å²) in [5.74, 6) is -0.624. The molecule has 3 nitrogen and oxygen atoms in total. The van der Waals surface area contributed by atoms with Crippen molar-refractivity contribution in [1.29, 1.82) is 0 Å². The van der Waals surface area contributed by atoms with Crippen molar-refractivity contribution in [3.8, 4) is 0 Å². The molecule has 1 amide bonds. The van der Waals surface area contributed by atoms with Gasteiger partial charge in [0.05, 0.1) is 12.0 Å². The summed E-state index contributed by atoms with van der Waals surface area (Å²) in [4.78, 5) is 11.9. The summed E-state index contributed by atoms with van der Waals surface area (Å²) in [6.45, 7) is 1.77. The summed E-state index contributed by atoms with van der Waals surface area (Å²) in [5, 5.41) is 13.0. The highest BCUT2D eigenvalue weighted by atomic mass is 19.1. The Balaban J connectivity index is 1.97. The Morgan fingerprint density at radius 3 is 2.63 bits per heavy atom. The van der Waals surface area contributed by atoms with E-state index in [4.69, 9.17) is 0 Å². The quantitative estimate of drug-likeness (QED) is 0.882. The molecule has 0 bridgehead atoms. The molecule has 19 heavy (non-hydrogen) atoms. The molecule has 104 valence electrons. The van der Waals surface area contributed by atoms with Crippen LogP contribution in [0.1, 0.15) is 44.1 Å². The van der Waals surface area contributed by atoms with E-state index in [0.29, 0.717) is 18.5 Å². The fourth-order valence-corrected chi connectivity index (χ4v) is 2.70. The first kappa shape index (κ1) is 14.0. The van der Waals surface area contributed by atoms with E-state index in [-0.39, 0.29) is 18.1 Å². The number of benzene rings is 1. The van der Waals surface area contributed by atoms with Crippen LogP contribution in [0, 0.1) is 12.7 Å². The fraction of sp³-hybridized carbons (Fsp3) is 0.533. The first-order valence-electron chi connectivity index (χ1n) is 6.76. The molecule has 1 saturated carbocycles. The SMILES string of the molecule is Cc1cc(F)cc(NC(=O)CC2(O)CCCCC2)c1. The average molecular weight is 265 g/mol. The summed E-state index contributed by atoms with van der Waals surface area (Å²) >= 11 is 0. The Labute approximate surface area is 112 Å². The first-order chi connectivity index (χ1) is 8.97. The lowest BCUT2D eigenvalue weighted by molar-refractivity contribution is -0.122. The van der Waals surface area contributed by atoms with Gasteiger partial charge < -0.3 is 10.4 Å². The van der Waals surface area contributed by atoms with Gasteiger partial charge >= 0.3 is 0 Å². The van der Waals surface area contributed by atoms with Crippen LogP contribution in [-0.2, 0) is 4.79 Å². The Morgan fingerprint density at radius 2 is 2.00 bits per heavy atom. The van der Waals surface area contributed by atoms with Gasteiger partial charge in [-0.1, -0.05) is 19.3 Å². The van der Waals surface area contributed by atoms with E-state index in [1.165, 1.54) is 12.1 Å². The van der Waals surface area contributed by atoms with Gasteiger partial charge in [-0.25, -0.2) is 4.39 Å². The molecule has 1 aromatic rings. The maximum Gasteiger partial charge on any atom is 0.227 e. The van der Waals surface area contributed by atoms with Crippen LogP contribution in [-0.4, -0.2) is 16.6 Å². The molecule has 0 saturated heterocycles. The summed E-state index contributed by atoms with van der Waals surface area (Å²) in [5.41, 5.74) is 0.318. The van der Waals surface area contributed by atoms with Gasteiger partial charge in [0.25, 0.3) is 0 Å². The fourth-order valence-electron chi connectivity index (χ4n) is 2.70. The van der Waals surface area contributed by atoms with Gasteiger partial charge in [-0.3, -0.25) is 4.79 Å². The molecule has 1 aliphatic carbocycles. The third-order valence-corrected chi connectivity index (χ3v) is 3.60. The normalized spacial score (nSPS) is 18.1. The Bertz CT molecular complexity index is 447. The van der Waals surface area contributed by atoms with Crippen molar-refractivity contribution in [3.05, 3.63) is 29.6 Å². The molecular weight excluding hydrogens is 245 g/mol. The number of aliphatic hydroxyl groups is 1. The predicted octanol–water partition coefficient (Wildman–Crippen LogP) is 3.16. The molecule has 2 rings (SSSR count). The Kier molecular flexibility index (Phi) is 4.20. The molecule has 1 fully saturated rings. The van der Waals surface area contributed by atoms with Crippen LogP contribution in [0.4, 0.5) is 10.1 Å². The van der Waals surface area contributed by atoms with Gasteiger partial charge in [-0.15, -0.1) is 0 Å². The van der Waals surface area contributed by atoms with E-state index in [9.17, 15) is 14.3 Å². The lowest BCUT2D eigenvalue weighted by atomic mass is 9.82. The summed E-state index contributed by atoms with van der Waals surface area (Å²) in [7, 11) is 0. The second-order valence-electron chi connectivity index (χ2n) is 5.53. The van der Waals surface area contributed by atoms with E-state index in [0.717, 1.165) is 24.8 Å². The van der Waals surface area contributed by atoms with Crippen LogP contribution >= 0.6 is 0 Å². The van der Waals surface area contributed by atoms with Gasteiger partial charge in [-0.05, 0) is 43.5 Å². The molecule has 4 heteroatoms. The summed E-state index contributed by atoms with van der Waals surface area (Å²) in [6.07, 6.45) is 4.46. The minimum absolute atomic E-state index is 0.0859. The number of halogens is 1. The molecule has 2 N–H and O–H groups in total. The minimum Gasteiger partial charge on any atom is -0.389 e. The first-order valence-corrected chi connectivity index (χ1v) is 6.76. The maximum atomic E-state index is 13.2. The maximum absolute atomic E-state index is 13.2. The smallest absolute Gasteiger partial charge is 0.227 e. The zero-order valence-corrected chi connectivity index (χ0v) is 11.2. The number of rotatable bonds is 3. The largest absolute Gasteiger partial charge is 0.389 e. The lowest BCUT2D eigenvalue weighted by Crippen LogP contribution is -2.35. The molecule has 0 aromatic heterocycles. The topological polar surface area (TPSA) is 49.3 Å². The molecule has 0 unspecified atom stereocenters. The van der Waals surface area contributed by atoms with Crippen molar-refractivity contribution in [2.24, 2.45) is 0 Å². The van der Waals surface area contributed by atoms with Crippen molar-refractivity contribution in [3.63, 3.8) is 0 Å². The lowest BCUT2D eigenvalue weighted by Gasteiger charge is -2.31. The number of nitrogens with one attached hydrogen (secondary N) is 1. The van der Waals surface area contributed by atoms with Gasteiger partial charge in [-0.2, -0.15) is 0 Å². The molecule has 1 aliphatic rings. The summed E-state index contributed by atoms with van der Waals surface area (Å²) in [6, 6.07) is 4.41.